The van der Waals surface area contributed by atoms with Crippen LogP contribution in [0.15, 0.2) is 42.6 Å². The van der Waals surface area contributed by atoms with Gasteiger partial charge in [-0.25, -0.2) is 4.39 Å². The highest BCUT2D eigenvalue weighted by atomic mass is 19.1. The first-order valence-electron chi connectivity index (χ1n) is 10.8. The van der Waals surface area contributed by atoms with E-state index in [4.69, 9.17) is 0 Å². The van der Waals surface area contributed by atoms with Gasteiger partial charge in [-0.1, -0.05) is 25.0 Å². The fourth-order valence-corrected chi connectivity index (χ4v) is 5.04. The molecule has 2 aliphatic rings. The van der Waals surface area contributed by atoms with Crippen LogP contribution < -0.4 is 5.32 Å². The van der Waals surface area contributed by atoms with Crippen molar-refractivity contribution in [3.8, 4) is 0 Å². The molecule has 1 saturated carbocycles. The Morgan fingerprint density at radius 1 is 1.20 bits per heavy atom. The van der Waals surface area contributed by atoms with Gasteiger partial charge >= 0.3 is 0 Å². The van der Waals surface area contributed by atoms with Gasteiger partial charge in [-0.15, -0.1) is 0 Å². The van der Waals surface area contributed by atoms with Crippen LogP contribution in [0.3, 0.4) is 0 Å². The second-order valence-corrected chi connectivity index (χ2v) is 8.45. The molecular weight excluding hydrogens is 381 g/mol. The third kappa shape index (κ3) is 3.95. The quantitative estimate of drug-likeness (QED) is 0.811. The van der Waals surface area contributed by atoms with E-state index in [1.807, 2.05) is 23.1 Å². The van der Waals surface area contributed by atoms with Gasteiger partial charge in [0.1, 0.15) is 5.82 Å². The molecule has 2 heterocycles. The average molecular weight is 410 g/mol. The van der Waals surface area contributed by atoms with Gasteiger partial charge in [0, 0.05) is 19.7 Å². The number of carbonyl (C=O) groups excluding carboxylic acids is 2. The standard InChI is InChI=1S/C24H28FN3O2/c1-17(29)27-16-21-14-18(9-12-26-21)22-8-5-13-28(22)23(30)24(10-2-3-11-24)19-6-4-7-20(25)15-19/h4,6-7,9,12,14-15,22H,2-3,5,8,10-11,13,16H2,1H3,(H,27,29). The monoisotopic (exact) mass is 409 g/mol. The minimum Gasteiger partial charge on any atom is -0.351 e. The lowest BCUT2D eigenvalue weighted by Gasteiger charge is -2.36. The van der Waals surface area contributed by atoms with Crippen LogP contribution in [0.1, 0.15) is 68.3 Å². The van der Waals surface area contributed by atoms with E-state index in [1.165, 1.54) is 19.1 Å². The van der Waals surface area contributed by atoms with Crippen LogP contribution in [0.5, 0.6) is 0 Å². The number of benzene rings is 1. The van der Waals surface area contributed by atoms with E-state index in [-0.39, 0.29) is 23.7 Å². The molecule has 1 unspecified atom stereocenters. The van der Waals surface area contributed by atoms with Crippen LogP contribution in [-0.2, 0) is 21.5 Å². The summed E-state index contributed by atoms with van der Waals surface area (Å²) in [5.74, 6) is -0.271. The zero-order valence-corrected chi connectivity index (χ0v) is 17.4. The van der Waals surface area contributed by atoms with Crippen molar-refractivity contribution in [2.45, 2.75) is 63.5 Å². The number of halogens is 1. The van der Waals surface area contributed by atoms with Gasteiger partial charge in [0.25, 0.3) is 0 Å². The molecule has 1 N–H and O–H groups in total. The Morgan fingerprint density at radius 3 is 2.73 bits per heavy atom. The van der Waals surface area contributed by atoms with Gasteiger partial charge in [0.2, 0.25) is 11.8 Å². The van der Waals surface area contributed by atoms with Crippen molar-refractivity contribution < 1.29 is 14.0 Å². The maximum Gasteiger partial charge on any atom is 0.233 e. The summed E-state index contributed by atoms with van der Waals surface area (Å²) in [5, 5.41) is 2.77. The summed E-state index contributed by atoms with van der Waals surface area (Å²) < 4.78 is 14.0. The molecule has 2 amide bonds. The Bertz CT molecular complexity index is 940. The van der Waals surface area contributed by atoms with E-state index < -0.39 is 5.41 Å². The van der Waals surface area contributed by atoms with E-state index in [2.05, 4.69) is 10.3 Å². The summed E-state index contributed by atoms with van der Waals surface area (Å²) in [4.78, 5) is 31.5. The predicted molar refractivity (Wildman–Crippen MR) is 112 cm³/mol. The summed E-state index contributed by atoms with van der Waals surface area (Å²) in [6, 6.07) is 10.5. The highest BCUT2D eigenvalue weighted by Gasteiger charge is 2.47. The van der Waals surface area contributed by atoms with Gasteiger partial charge in [0.05, 0.1) is 23.7 Å². The number of nitrogens with one attached hydrogen (secondary N) is 1. The third-order valence-electron chi connectivity index (χ3n) is 6.50. The maximum absolute atomic E-state index is 14.0. The second kappa shape index (κ2) is 8.54. The highest BCUT2D eigenvalue weighted by Crippen LogP contribution is 2.45. The van der Waals surface area contributed by atoms with Crippen molar-refractivity contribution in [1.29, 1.82) is 0 Å². The molecule has 2 aromatic rings. The van der Waals surface area contributed by atoms with Crippen molar-refractivity contribution in [2.24, 2.45) is 0 Å². The van der Waals surface area contributed by atoms with Crippen LogP contribution in [0, 0.1) is 5.82 Å². The number of hydrogen-bond acceptors (Lipinski definition) is 3. The van der Waals surface area contributed by atoms with Gasteiger partial charge in [-0.3, -0.25) is 14.6 Å². The molecule has 1 aromatic carbocycles. The lowest BCUT2D eigenvalue weighted by Crippen LogP contribution is -2.45. The fraction of sp³-hybridized carbons (Fsp3) is 0.458. The molecule has 4 rings (SSSR count). The SMILES string of the molecule is CC(=O)NCc1cc(C2CCCN2C(=O)C2(c3cccc(F)c3)CCCC2)ccn1. The summed E-state index contributed by atoms with van der Waals surface area (Å²) in [6.45, 7) is 2.57. The van der Waals surface area contributed by atoms with Crippen molar-refractivity contribution in [3.63, 3.8) is 0 Å². The first kappa shape index (κ1) is 20.5. The summed E-state index contributed by atoms with van der Waals surface area (Å²) >= 11 is 0. The Balaban J connectivity index is 1.62. The summed E-state index contributed by atoms with van der Waals surface area (Å²) in [6.07, 6.45) is 7.08. The van der Waals surface area contributed by atoms with Crippen LogP contribution in [0.2, 0.25) is 0 Å². The number of pyridine rings is 1. The number of rotatable bonds is 5. The number of carbonyl (C=O) groups is 2. The van der Waals surface area contributed by atoms with Crippen LogP contribution in [0.25, 0.3) is 0 Å². The third-order valence-corrected chi connectivity index (χ3v) is 6.50. The van der Waals surface area contributed by atoms with Crippen LogP contribution in [0.4, 0.5) is 4.39 Å². The first-order valence-corrected chi connectivity index (χ1v) is 10.8. The van der Waals surface area contributed by atoms with E-state index in [0.29, 0.717) is 13.1 Å². The zero-order valence-electron chi connectivity index (χ0n) is 17.4. The number of hydrogen-bond donors (Lipinski definition) is 1. The molecule has 1 atom stereocenters. The number of aromatic nitrogens is 1. The molecule has 0 radical (unpaired) electrons. The fourth-order valence-electron chi connectivity index (χ4n) is 5.04. The molecule has 1 saturated heterocycles. The van der Waals surface area contributed by atoms with E-state index in [1.54, 1.807) is 12.3 Å². The normalized spacial score (nSPS) is 20.3. The van der Waals surface area contributed by atoms with Gasteiger partial charge in [0.15, 0.2) is 0 Å². The molecule has 158 valence electrons. The second-order valence-electron chi connectivity index (χ2n) is 8.45. The van der Waals surface area contributed by atoms with Gasteiger partial charge in [-0.2, -0.15) is 0 Å². The van der Waals surface area contributed by atoms with Crippen LogP contribution >= 0.6 is 0 Å². The van der Waals surface area contributed by atoms with Crippen molar-refractivity contribution in [3.05, 3.63) is 65.2 Å². The molecule has 1 aromatic heterocycles. The molecule has 0 spiro atoms. The molecule has 6 heteroatoms. The predicted octanol–water partition coefficient (Wildman–Crippen LogP) is 4.03. The number of amides is 2. The lowest BCUT2D eigenvalue weighted by atomic mass is 9.77. The topological polar surface area (TPSA) is 62.3 Å². The lowest BCUT2D eigenvalue weighted by molar-refractivity contribution is -0.138. The molecule has 1 aliphatic carbocycles. The number of likely N-dealkylation sites (tertiary alicyclic amines) is 1. The minimum atomic E-state index is -0.628. The summed E-state index contributed by atoms with van der Waals surface area (Å²) in [5.41, 5.74) is 2.00. The molecular formula is C24H28FN3O2. The van der Waals surface area contributed by atoms with E-state index >= 15 is 0 Å². The smallest absolute Gasteiger partial charge is 0.233 e. The highest BCUT2D eigenvalue weighted by molar-refractivity contribution is 5.89. The minimum absolute atomic E-state index is 0.0115. The van der Waals surface area contributed by atoms with Crippen molar-refractivity contribution in [1.82, 2.24) is 15.2 Å². The Morgan fingerprint density at radius 2 is 2.00 bits per heavy atom. The molecule has 1 aliphatic heterocycles. The summed E-state index contributed by atoms with van der Waals surface area (Å²) in [7, 11) is 0. The zero-order chi connectivity index (χ0) is 21.1. The Hall–Kier alpha value is -2.76. The largest absolute Gasteiger partial charge is 0.351 e. The molecule has 30 heavy (non-hydrogen) atoms. The Labute approximate surface area is 176 Å². The van der Waals surface area contributed by atoms with Crippen molar-refractivity contribution >= 4 is 11.8 Å². The van der Waals surface area contributed by atoms with Crippen molar-refractivity contribution in [2.75, 3.05) is 6.54 Å². The number of nitrogens with zero attached hydrogens (tertiary/aromatic N) is 2. The molecule has 2 fully saturated rings. The van der Waals surface area contributed by atoms with E-state index in [0.717, 1.165) is 55.3 Å². The molecule has 5 nitrogen and oxygen atoms in total. The van der Waals surface area contributed by atoms with Gasteiger partial charge < -0.3 is 10.2 Å². The first-order chi connectivity index (χ1) is 14.5. The molecule has 0 bridgehead atoms. The maximum atomic E-state index is 14.0. The van der Waals surface area contributed by atoms with Gasteiger partial charge in [-0.05, 0) is 61.1 Å². The van der Waals surface area contributed by atoms with E-state index in [9.17, 15) is 14.0 Å². The Kier molecular flexibility index (Phi) is 5.84. The van der Waals surface area contributed by atoms with Crippen LogP contribution in [-0.4, -0.2) is 28.2 Å². The average Bonchev–Trinajstić information content (AvgIpc) is 3.42.